The Bertz CT molecular complexity index is 1090. The first-order valence-electron chi connectivity index (χ1n) is 8.27. The molecule has 0 atom stereocenters. The molecule has 0 aliphatic heterocycles. The molecule has 1 amide bonds. The minimum absolute atomic E-state index is 0.0499. The second kappa shape index (κ2) is 8.40. The summed E-state index contributed by atoms with van der Waals surface area (Å²) in [5.41, 5.74) is 1.55. The molecule has 3 aromatic rings. The minimum atomic E-state index is -0.497. The minimum Gasteiger partial charge on any atom is -0.462 e. The molecule has 0 unspecified atom stereocenters. The number of rotatable bonds is 6. The third-order valence-corrected chi connectivity index (χ3v) is 4.57. The average Bonchev–Trinajstić information content (AvgIpc) is 3.08. The lowest BCUT2D eigenvalue weighted by molar-refractivity contribution is -0.384. The Hall–Kier alpha value is -3.59. The van der Waals surface area contributed by atoms with Crippen molar-refractivity contribution in [1.29, 1.82) is 0 Å². The van der Waals surface area contributed by atoms with Gasteiger partial charge in [0.15, 0.2) is 5.13 Å². The van der Waals surface area contributed by atoms with Crippen LogP contribution in [0.5, 0.6) is 0 Å². The monoisotopic (exact) mass is 397 g/mol. The van der Waals surface area contributed by atoms with Gasteiger partial charge in [-0.2, -0.15) is 0 Å². The van der Waals surface area contributed by atoms with Crippen molar-refractivity contribution in [3.63, 3.8) is 0 Å². The van der Waals surface area contributed by atoms with Crippen LogP contribution in [0.4, 0.5) is 10.8 Å². The molecule has 2 aromatic carbocycles. The molecule has 0 aliphatic rings. The normalized spacial score (nSPS) is 10.9. The maximum atomic E-state index is 12.1. The van der Waals surface area contributed by atoms with Gasteiger partial charge in [0.25, 0.3) is 5.69 Å². The third-order valence-electron chi connectivity index (χ3n) is 3.64. The van der Waals surface area contributed by atoms with Gasteiger partial charge in [0.05, 0.1) is 27.3 Å². The number of fused-ring (bicyclic) bond motifs is 1. The van der Waals surface area contributed by atoms with Gasteiger partial charge in [0.1, 0.15) is 0 Å². The van der Waals surface area contributed by atoms with Gasteiger partial charge >= 0.3 is 5.97 Å². The SMILES string of the molecule is CCOC(=O)c1ccc2nc(NC(=O)C=Cc3cccc([N+](=O)[O-])c3)sc2c1. The Kier molecular flexibility index (Phi) is 5.75. The van der Waals surface area contributed by atoms with E-state index in [-0.39, 0.29) is 12.3 Å². The second-order valence-electron chi connectivity index (χ2n) is 5.60. The number of aromatic nitrogens is 1. The highest BCUT2D eigenvalue weighted by molar-refractivity contribution is 7.22. The fourth-order valence-electron chi connectivity index (χ4n) is 2.38. The van der Waals surface area contributed by atoms with E-state index in [1.165, 1.54) is 35.6 Å². The van der Waals surface area contributed by atoms with Gasteiger partial charge < -0.3 is 4.74 Å². The topological polar surface area (TPSA) is 111 Å². The van der Waals surface area contributed by atoms with Crippen LogP contribution in [0.2, 0.25) is 0 Å². The van der Waals surface area contributed by atoms with E-state index in [4.69, 9.17) is 4.74 Å². The molecule has 1 N–H and O–H groups in total. The van der Waals surface area contributed by atoms with Crippen molar-refractivity contribution in [2.45, 2.75) is 6.92 Å². The van der Waals surface area contributed by atoms with Gasteiger partial charge in [-0.15, -0.1) is 0 Å². The lowest BCUT2D eigenvalue weighted by Gasteiger charge is -2.00. The lowest BCUT2D eigenvalue weighted by atomic mass is 10.2. The number of carbonyl (C=O) groups excluding carboxylic acids is 2. The van der Waals surface area contributed by atoms with Crippen LogP contribution in [-0.2, 0) is 9.53 Å². The highest BCUT2D eigenvalue weighted by Gasteiger charge is 2.11. The predicted octanol–water partition coefficient (Wildman–Crippen LogP) is 4.03. The zero-order valence-corrected chi connectivity index (χ0v) is 15.6. The number of nitro groups is 1. The van der Waals surface area contributed by atoms with Crippen molar-refractivity contribution in [3.05, 3.63) is 69.8 Å². The van der Waals surface area contributed by atoms with Crippen LogP contribution < -0.4 is 5.32 Å². The maximum Gasteiger partial charge on any atom is 0.338 e. The summed E-state index contributed by atoms with van der Waals surface area (Å²) in [5, 5.41) is 13.8. The molecule has 3 rings (SSSR count). The number of carbonyl (C=O) groups is 2. The number of ether oxygens (including phenoxy) is 1. The summed E-state index contributed by atoms with van der Waals surface area (Å²) in [6.45, 7) is 2.02. The van der Waals surface area contributed by atoms with Crippen LogP contribution >= 0.6 is 11.3 Å². The van der Waals surface area contributed by atoms with E-state index in [2.05, 4.69) is 10.3 Å². The number of non-ortho nitro benzene ring substituents is 1. The van der Waals surface area contributed by atoms with Crippen molar-refractivity contribution in [3.8, 4) is 0 Å². The van der Waals surface area contributed by atoms with Crippen molar-refractivity contribution in [2.24, 2.45) is 0 Å². The molecule has 0 spiro atoms. The summed E-state index contributed by atoms with van der Waals surface area (Å²) in [6, 6.07) is 10.9. The number of benzene rings is 2. The second-order valence-corrected chi connectivity index (χ2v) is 6.63. The molecule has 9 heteroatoms. The molecule has 8 nitrogen and oxygen atoms in total. The standard InChI is InChI=1S/C19H15N3O5S/c1-2-27-18(24)13-7-8-15-16(11-13)28-19(20-15)21-17(23)9-6-12-4-3-5-14(10-12)22(25)26/h3-11H,2H2,1H3,(H,20,21,23). The van der Waals surface area contributed by atoms with E-state index >= 15 is 0 Å². The summed E-state index contributed by atoms with van der Waals surface area (Å²) in [7, 11) is 0. The van der Waals surface area contributed by atoms with Crippen LogP contribution in [0, 0.1) is 10.1 Å². The van der Waals surface area contributed by atoms with Gasteiger partial charge in [-0.25, -0.2) is 9.78 Å². The summed E-state index contributed by atoms with van der Waals surface area (Å²) in [4.78, 5) is 38.5. The highest BCUT2D eigenvalue weighted by atomic mass is 32.1. The van der Waals surface area contributed by atoms with Gasteiger partial charge in [-0.05, 0) is 36.8 Å². The van der Waals surface area contributed by atoms with Gasteiger partial charge in [0.2, 0.25) is 5.91 Å². The Labute approximate surface area is 163 Å². The first-order valence-corrected chi connectivity index (χ1v) is 9.09. The number of esters is 1. The van der Waals surface area contributed by atoms with Crippen molar-refractivity contribution in [2.75, 3.05) is 11.9 Å². The Morgan fingerprint density at radius 3 is 2.86 bits per heavy atom. The molecule has 28 heavy (non-hydrogen) atoms. The average molecular weight is 397 g/mol. The van der Waals surface area contributed by atoms with Crippen LogP contribution in [0.3, 0.4) is 0 Å². The molecule has 0 radical (unpaired) electrons. The van der Waals surface area contributed by atoms with Gasteiger partial charge in [0, 0.05) is 18.2 Å². The summed E-state index contributed by atoms with van der Waals surface area (Å²) >= 11 is 1.23. The van der Waals surface area contributed by atoms with Crippen LogP contribution in [0.15, 0.2) is 48.5 Å². The number of nitrogens with one attached hydrogen (secondary N) is 1. The number of nitro benzene ring substituents is 1. The number of hydrogen-bond donors (Lipinski definition) is 1. The van der Waals surface area contributed by atoms with E-state index in [9.17, 15) is 19.7 Å². The fourth-order valence-corrected chi connectivity index (χ4v) is 3.29. The molecule has 142 valence electrons. The predicted molar refractivity (Wildman–Crippen MR) is 106 cm³/mol. The molecular formula is C19H15N3O5S. The first-order chi connectivity index (χ1) is 13.5. The smallest absolute Gasteiger partial charge is 0.338 e. The van der Waals surface area contributed by atoms with Crippen LogP contribution in [0.1, 0.15) is 22.8 Å². The zero-order chi connectivity index (χ0) is 20.1. The van der Waals surface area contributed by atoms with E-state index < -0.39 is 16.8 Å². The van der Waals surface area contributed by atoms with E-state index in [0.717, 1.165) is 4.70 Å². The quantitative estimate of drug-likeness (QED) is 0.291. The summed E-state index contributed by atoms with van der Waals surface area (Å²) < 4.78 is 5.71. The summed E-state index contributed by atoms with van der Waals surface area (Å²) in [5.74, 6) is -0.834. The lowest BCUT2D eigenvalue weighted by Crippen LogP contribution is -2.07. The number of anilines is 1. The Balaban J connectivity index is 1.71. The summed E-state index contributed by atoms with van der Waals surface area (Å²) in [6.07, 6.45) is 2.75. The third kappa shape index (κ3) is 4.57. The molecule has 1 aromatic heterocycles. The number of hydrogen-bond acceptors (Lipinski definition) is 7. The molecule has 0 saturated heterocycles. The number of nitrogens with zero attached hydrogens (tertiary/aromatic N) is 2. The fraction of sp³-hybridized carbons (Fsp3) is 0.105. The molecule has 0 bridgehead atoms. The molecular weight excluding hydrogens is 382 g/mol. The van der Waals surface area contributed by atoms with Crippen molar-refractivity contribution >= 4 is 50.3 Å². The largest absolute Gasteiger partial charge is 0.462 e. The Morgan fingerprint density at radius 2 is 2.11 bits per heavy atom. The van der Waals surface area contributed by atoms with E-state index in [1.807, 2.05) is 0 Å². The number of amides is 1. The molecule has 0 aliphatic carbocycles. The number of thiazole rings is 1. The van der Waals surface area contributed by atoms with E-state index in [1.54, 1.807) is 37.3 Å². The maximum absolute atomic E-state index is 12.1. The highest BCUT2D eigenvalue weighted by Crippen LogP contribution is 2.27. The van der Waals surface area contributed by atoms with Gasteiger partial charge in [-0.1, -0.05) is 23.5 Å². The van der Waals surface area contributed by atoms with Crippen molar-refractivity contribution < 1.29 is 19.2 Å². The van der Waals surface area contributed by atoms with Crippen LogP contribution in [-0.4, -0.2) is 28.4 Å². The first kappa shape index (κ1) is 19.2. The Morgan fingerprint density at radius 1 is 1.29 bits per heavy atom. The molecule has 1 heterocycles. The van der Waals surface area contributed by atoms with Crippen molar-refractivity contribution in [1.82, 2.24) is 4.98 Å². The molecule has 0 saturated carbocycles. The van der Waals surface area contributed by atoms with E-state index in [0.29, 0.717) is 21.8 Å². The van der Waals surface area contributed by atoms with Crippen LogP contribution in [0.25, 0.3) is 16.3 Å². The molecule has 0 fully saturated rings. The van der Waals surface area contributed by atoms with Gasteiger partial charge in [-0.3, -0.25) is 20.2 Å². The zero-order valence-electron chi connectivity index (χ0n) is 14.7.